The summed E-state index contributed by atoms with van der Waals surface area (Å²) >= 11 is 0. The van der Waals surface area contributed by atoms with Crippen LogP contribution < -0.4 is 0 Å². The van der Waals surface area contributed by atoms with Crippen LogP contribution in [0.5, 0.6) is 0 Å². The molecule has 1 N–H and O–H groups in total. The summed E-state index contributed by atoms with van der Waals surface area (Å²) in [4.78, 5) is 3.34. The van der Waals surface area contributed by atoms with Gasteiger partial charge in [0.2, 0.25) is 0 Å². The Morgan fingerprint density at radius 1 is 0.824 bits per heavy atom. The molecule has 3 rings (SSSR count). The van der Waals surface area contributed by atoms with E-state index < -0.39 is 0 Å². The topological polar surface area (TPSA) is 15.8 Å². The number of rotatable bonds is 1. The van der Waals surface area contributed by atoms with Crippen molar-refractivity contribution in [2.24, 2.45) is 0 Å². The molecule has 3 aromatic rings. The maximum Gasteiger partial charge on any atom is 0.0463 e. The lowest BCUT2D eigenvalue weighted by molar-refractivity contribution is 1.44. The van der Waals surface area contributed by atoms with Crippen molar-refractivity contribution in [3.05, 3.63) is 59.8 Å². The number of fused-ring (bicyclic) bond motifs is 1. The zero-order chi connectivity index (χ0) is 11.8. The lowest BCUT2D eigenvalue weighted by atomic mass is 10.0. The fourth-order valence-corrected chi connectivity index (χ4v) is 2.21. The lowest BCUT2D eigenvalue weighted by Crippen LogP contribution is -1.77. The van der Waals surface area contributed by atoms with Gasteiger partial charge in [0.25, 0.3) is 0 Å². The smallest absolute Gasteiger partial charge is 0.0463 e. The number of hydrogen-bond acceptors (Lipinski definition) is 0. The van der Waals surface area contributed by atoms with Gasteiger partial charge in [0.15, 0.2) is 0 Å². The van der Waals surface area contributed by atoms with E-state index in [1.165, 1.54) is 33.2 Å². The van der Waals surface area contributed by atoms with E-state index in [0.717, 1.165) is 0 Å². The van der Waals surface area contributed by atoms with Gasteiger partial charge in [0, 0.05) is 22.7 Å². The average Bonchev–Trinajstić information content (AvgIpc) is 2.73. The monoisotopic (exact) mass is 221 g/mol. The Hall–Kier alpha value is -2.02. The molecule has 84 valence electrons. The van der Waals surface area contributed by atoms with Gasteiger partial charge in [0.05, 0.1) is 0 Å². The molecule has 0 aliphatic rings. The van der Waals surface area contributed by atoms with Gasteiger partial charge in [-0.1, -0.05) is 42.0 Å². The minimum atomic E-state index is 1.21. The van der Waals surface area contributed by atoms with Crippen molar-refractivity contribution in [2.75, 3.05) is 0 Å². The molecule has 1 heterocycles. The zero-order valence-electron chi connectivity index (χ0n) is 10.1. The molecule has 2 aromatic carbocycles. The number of hydrogen-bond donors (Lipinski definition) is 1. The van der Waals surface area contributed by atoms with Crippen molar-refractivity contribution in [1.82, 2.24) is 4.98 Å². The van der Waals surface area contributed by atoms with Gasteiger partial charge in [-0.3, -0.25) is 0 Å². The van der Waals surface area contributed by atoms with E-state index in [0.29, 0.717) is 0 Å². The molecule has 0 fully saturated rings. The predicted octanol–water partition coefficient (Wildman–Crippen LogP) is 4.45. The molecule has 0 radical (unpaired) electrons. The van der Waals surface area contributed by atoms with E-state index in [-0.39, 0.29) is 0 Å². The summed E-state index contributed by atoms with van der Waals surface area (Å²) < 4.78 is 0. The van der Waals surface area contributed by atoms with Crippen LogP contribution in [0.3, 0.4) is 0 Å². The molecule has 0 amide bonds. The SMILES string of the molecule is Cc1ccc(-c2c[nH]c3cc(C)ccc23)cc1. The Morgan fingerprint density at radius 2 is 1.53 bits per heavy atom. The van der Waals surface area contributed by atoms with E-state index in [1.54, 1.807) is 0 Å². The van der Waals surface area contributed by atoms with E-state index in [2.05, 4.69) is 67.5 Å². The zero-order valence-corrected chi connectivity index (χ0v) is 10.1. The van der Waals surface area contributed by atoms with Crippen LogP contribution in [0.25, 0.3) is 22.0 Å². The first kappa shape index (κ1) is 10.2. The molecule has 0 spiro atoms. The Morgan fingerprint density at radius 3 is 2.29 bits per heavy atom. The van der Waals surface area contributed by atoms with Crippen LogP contribution in [0.2, 0.25) is 0 Å². The standard InChI is InChI=1S/C16H15N/c1-11-3-6-13(7-4-11)15-10-17-16-9-12(2)5-8-14(15)16/h3-10,17H,1-2H3. The third kappa shape index (κ3) is 1.74. The molecule has 1 aromatic heterocycles. The van der Waals surface area contributed by atoms with Crippen molar-refractivity contribution in [3.8, 4) is 11.1 Å². The van der Waals surface area contributed by atoms with Crippen molar-refractivity contribution in [2.45, 2.75) is 13.8 Å². The molecule has 1 heteroatoms. The van der Waals surface area contributed by atoms with Gasteiger partial charge in [-0.05, 0) is 31.0 Å². The highest BCUT2D eigenvalue weighted by Crippen LogP contribution is 2.29. The molecule has 0 unspecified atom stereocenters. The minimum Gasteiger partial charge on any atom is -0.361 e. The second-order valence-electron chi connectivity index (χ2n) is 4.62. The molecular weight excluding hydrogens is 206 g/mol. The summed E-state index contributed by atoms with van der Waals surface area (Å²) in [7, 11) is 0. The summed E-state index contributed by atoms with van der Waals surface area (Å²) in [6.07, 6.45) is 2.09. The number of nitrogens with one attached hydrogen (secondary N) is 1. The van der Waals surface area contributed by atoms with E-state index >= 15 is 0 Å². The minimum absolute atomic E-state index is 1.21. The second kappa shape index (κ2) is 3.77. The number of aryl methyl sites for hydroxylation is 2. The molecule has 0 aliphatic heterocycles. The third-order valence-electron chi connectivity index (χ3n) is 3.20. The number of aromatic nitrogens is 1. The van der Waals surface area contributed by atoms with Gasteiger partial charge < -0.3 is 4.98 Å². The Bertz CT molecular complexity index is 660. The first-order chi connectivity index (χ1) is 8.24. The molecule has 0 saturated carbocycles. The Balaban J connectivity index is 2.21. The maximum atomic E-state index is 3.34. The van der Waals surface area contributed by atoms with Gasteiger partial charge >= 0.3 is 0 Å². The Labute approximate surface area is 101 Å². The van der Waals surface area contributed by atoms with Crippen molar-refractivity contribution >= 4 is 10.9 Å². The van der Waals surface area contributed by atoms with Crippen LogP contribution >= 0.6 is 0 Å². The van der Waals surface area contributed by atoms with Crippen molar-refractivity contribution in [3.63, 3.8) is 0 Å². The van der Waals surface area contributed by atoms with Gasteiger partial charge in [-0.25, -0.2) is 0 Å². The summed E-state index contributed by atoms with van der Waals surface area (Å²) in [5.74, 6) is 0. The van der Waals surface area contributed by atoms with Crippen LogP contribution in [-0.4, -0.2) is 4.98 Å². The van der Waals surface area contributed by atoms with Crippen LogP contribution in [0, 0.1) is 13.8 Å². The average molecular weight is 221 g/mol. The van der Waals surface area contributed by atoms with Crippen molar-refractivity contribution < 1.29 is 0 Å². The number of aromatic amines is 1. The quantitative estimate of drug-likeness (QED) is 0.624. The van der Waals surface area contributed by atoms with Crippen LogP contribution in [-0.2, 0) is 0 Å². The highest BCUT2D eigenvalue weighted by atomic mass is 14.7. The van der Waals surface area contributed by atoms with Crippen LogP contribution in [0.1, 0.15) is 11.1 Å². The number of H-pyrrole nitrogens is 1. The van der Waals surface area contributed by atoms with E-state index in [1.807, 2.05) is 0 Å². The molecule has 17 heavy (non-hydrogen) atoms. The second-order valence-corrected chi connectivity index (χ2v) is 4.62. The molecular formula is C16H15N. The van der Waals surface area contributed by atoms with Gasteiger partial charge in [-0.2, -0.15) is 0 Å². The summed E-state index contributed by atoms with van der Waals surface area (Å²) in [5.41, 5.74) is 6.34. The first-order valence-corrected chi connectivity index (χ1v) is 5.89. The Kier molecular flexibility index (Phi) is 2.25. The third-order valence-corrected chi connectivity index (χ3v) is 3.20. The fourth-order valence-electron chi connectivity index (χ4n) is 2.21. The summed E-state index contributed by atoms with van der Waals surface area (Å²) in [5, 5.41) is 1.29. The predicted molar refractivity (Wildman–Crippen MR) is 73.2 cm³/mol. The normalized spacial score (nSPS) is 10.9. The summed E-state index contributed by atoms with van der Waals surface area (Å²) in [6.45, 7) is 4.23. The van der Waals surface area contributed by atoms with Crippen LogP contribution in [0.4, 0.5) is 0 Å². The number of benzene rings is 2. The fraction of sp³-hybridized carbons (Fsp3) is 0.125. The largest absolute Gasteiger partial charge is 0.361 e. The van der Waals surface area contributed by atoms with E-state index in [9.17, 15) is 0 Å². The lowest BCUT2D eigenvalue weighted by Gasteiger charge is -2.01. The van der Waals surface area contributed by atoms with Gasteiger partial charge in [0.1, 0.15) is 0 Å². The van der Waals surface area contributed by atoms with Crippen molar-refractivity contribution in [1.29, 1.82) is 0 Å². The summed E-state index contributed by atoms with van der Waals surface area (Å²) in [6, 6.07) is 15.2. The van der Waals surface area contributed by atoms with Gasteiger partial charge in [-0.15, -0.1) is 0 Å². The molecule has 0 bridgehead atoms. The van der Waals surface area contributed by atoms with Crippen LogP contribution in [0.15, 0.2) is 48.7 Å². The highest BCUT2D eigenvalue weighted by Gasteiger charge is 2.05. The molecule has 0 atom stereocenters. The highest BCUT2D eigenvalue weighted by molar-refractivity contribution is 5.95. The first-order valence-electron chi connectivity index (χ1n) is 5.89. The maximum absolute atomic E-state index is 3.34. The molecule has 0 aliphatic carbocycles. The van der Waals surface area contributed by atoms with E-state index in [4.69, 9.17) is 0 Å². The molecule has 0 saturated heterocycles. The molecule has 1 nitrogen and oxygen atoms in total.